The van der Waals surface area contributed by atoms with Crippen molar-refractivity contribution in [3.8, 4) is 0 Å². The van der Waals surface area contributed by atoms with Crippen molar-refractivity contribution in [1.82, 2.24) is 4.90 Å². The molecular weight excluding hydrogens is 198 g/mol. The maximum Gasteiger partial charge on any atom is 0.0564 e. The van der Waals surface area contributed by atoms with Crippen LogP contribution in [0.25, 0.3) is 0 Å². The second-order valence-corrected chi connectivity index (χ2v) is 5.19. The predicted octanol–water partition coefficient (Wildman–Crippen LogP) is 3.19. The van der Waals surface area contributed by atoms with Gasteiger partial charge in [0.15, 0.2) is 0 Å². The molecule has 0 unspecified atom stereocenters. The van der Waals surface area contributed by atoms with Crippen LogP contribution in [0.2, 0.25) is 0 Å². The lowest BCUT2D eigenvalue weighted by Gasteiger charge is -2.29. The second kappa shape index (κ2) is 9.00. The minimum absolute atomic E-state index is 0.0229. The fourth-order valence-corrected chi connectivity index (χ4v) is 2.44. The molecule has 0 aromatic rings. The van der Waals surface area contributed by atoms with E-state index in [-0.39, 0.29) is 6.10 Å². The number of nitrogens with zero attached hydrogens (tertiary/aromatic N) is 1. The zero-order valence-corrected chi connectivity index (χ0v) is 11.0. The first-order chi connectivity index (χ1) is 7.83. The Hall–Kier alpha value is -0.0800. The first kappa shape index (κ1) is 14.0. The molecule has 1 aliphatic rings. The molecule has 0 radical (unpaired) electrons. The van der Waals surface area contributed by atoms with Crippen LogP contribution in [0, 0.1) is 0 Å². The van der Waals surface area contributed by atoms with Crippen LogP contribution in [0.4, 0.5) is 0 Å². The molecule has 1 rings (SSSR count). The molecule has 1 fully saturated rings. The van der Waals surface area contributed by atoms with Gasteiger partial charge in [0.1, 0.15) is 0 Å². The zero-order chi connectivity index (χ0) is 11.6. The van der Waals surface area contributed by atoms with Crippen molar-refractivity contribution >= 4 is 0 Å². The molecule has 0 atom stereocenters. The number of hydrogen-bond donors (Lipinski definition) is 1. The van der Waals surface area contributed by atoms with Gasteiger partial charge < -0.3 is 10.0 Å². The molecule has 96 valence electrons. The van der Waals surface area contributed by atoms with Gasteiger partial charge in [-0.05, 0) is 25.8 Å². The van der Waals surface area contributed by atoms with Gasteiger partial charge in [-0.3, -0.25) is 0 Å². The number of rotatable bonds is 8. The maximum absolute atomic E-state index is 9.39. The molecule has 0 saturated carbocycles. The highest BCUT2D eigenvalue weighted by molar-refractivity contribution is 4.70. The van der Waals surface area contributed by atoms with Crippen LogP contribution in [0.3, 0.4) is 0 Å². The summed E-state index contributed by atoms with van der Waals surface area (Å²) in [5, 5.41) is 9.39. The van der Waals surface area contributed by atoms with E-state index in [1.807, 2.05) is 0 Å². The van der Waals surface area contributed by atoms with Gasteiger partial charge in [-0.2, -0.15) is 0 Å². The van der Waals surface area contributed by atoms with Crippen LogP contribution in [-0.4, -0.2) is 35.7 Å². The topological polar surface area (TPSA) is 23.5 Å². The van der Waals surface area contributed by atoms with Gasteiger partial charge in [0.05, 0.1) is 6.10 Å². The average molecular weight is 227 g/mol. The van der Waals surface area contributed by atoms with Crippen LogP contribution < -0.4 is 0 Å². The summed E-state index contributed by atoms with van der Waals surface area (Å²) in [5.41, 5.74) is 0. The summed E-state index contributed by atoms with van der Waals surface area (Å²) in [4.78, 5) is 2.51. The van der Waals surface area contributed by atoms with E-state index in [1.165, 1.54) is 51.5 Å². The van der Waals surface area contributed by atoms with E-state index in [0.717, 1.165) is 25.9 Å². The number of piperidine rings is 1. The quantitative estimate of drug-likeness (QED) is 0.644. The van der Waals surface area contributed by atoms with E-state index >= 15 is 0 Å². The molecule has 0 aromatic carbocycles. The highest BCUT2D eigenvalue weighted by atomic mass is 16.3. The maximum atomic E-state index is 9.39. The van der Waals surface area contributed by atoms with E-state index in [2.05, 4.69) is 11.8 Å². The number of aliphatic hydroxyl groups is 1. The Kier molecular flexibility index (Phi) is 7.87. The van der Waals surface area contributed by atoms with Crippen LogP contribution in [0.1, 0.15) is 64.7 Å². The molecule has 0 aromatic heterocycles. The molecule has 0 amide bonds. The summed E-state index contributed by atoms with van der Waals surface area (Å²) in [6, 6.07) is 0. The van der Waals surface area contributed by atoms with E-state index < -0.39 is 0 Å². The Morgan fingerprint density at radius 2 is 1.50 bits per heavy atom. The summed E-state index contributed by atoms with van der Waals surface area (Å²) >= 11 is 0. The Balaban J connectivity index is 1.84. The highest BCUT2D eigenvalue weighted by Gasteiger charge is 2.15. The van der Waals surface area contributed by atoms with Crippen molar-refractivity contribution in [3.05, 3.63) is 0 Å². The number of aliphatic hydroxyl groups excluding tert-OH is 1. The molecule has 0 spiro atoms. The van der Waals surface area contributed by atoms with Gasteiger partial charge in [-0.15, -0.1) is 0 Å². The number of unbranched alkanes of at least 4 members (excludes halogenated alkanes) is 6. The molecule has 16 heavy (non-hydrogen) atoms. The van der Waals surface area contributed by atoms with Crippen molar-refractivity contribution in [3.63, 3.8) is 0 Å². The van der Waals surface area contributed by atoms with Gasteiger partial charge in [-0.25, -0.2) is 0 Å². The number of hydrogen-bond acceptors (Lipinski definition) is 2. The summed E-state index contributed by atoms with van der Waals surface area (Å²) in [6.45, 7) is 5.74. The Morgan fingerprint density at radius 1 is 0.938 bits per heavy atom. The van der Waals surface area contributed by atoms with Gasteiger partial charge in [0, 0.05) is 13.1 Å². The third kappa shape index (κ3) is 6.49. The molecule has 2 heteroatoms. The number of likely N-dealkylation sites (tertiary alicyclic amines) is 1. The fourth-order valence-electron chi connectivity index (χ4n) is 2.44. The third-order valence-corrected chi connectivity index (χ3v) is 3.63. The average Bonchev–Trinajstić information content (AvgIpc) is 2.30. The Bertz CT molecular complexity index is 153. The van der Waals surface area contributed by atoms with E-state index in [4.69, 9.17) is 0 Å². The Labute approximate surface area is 101 Å². The van der Waals surface area contributed by atoms with Gasteiger partial charge in [-0.1, -0.05) is 45.4 Å². The van der Waals surface area contributed by atoms with Crippen molar-refractivity contribution < 1.29 is 5.11 Å². The summed E-state index contributed by atoms with van der Waals surface area (Å²) < 4.78 is 0. The van der Waals surface area contributed by atoms with Crippen LogP contribution >= 0.6 is 0 Å². The molecule has 2 nitrogen and oxygen atoms in total. The highest BCUT2D eigenvalue weighted by Crippen LogP contribution is 2.12. The molecule has 1 aliphatic heterocycles. The second-order valence-electron chi connectivity index (χ2n) is 5.19. The lowest BCUT2D eigenvalue weighted by atomic mass is 10.1. The Morgan fingerprint density at radius 3 is 2.12 bits per heavy atom. The van der Waals surface area contributed by atoms with E-state index in [0.29, 0.717) is 0 Å². The van der Waals surface area contributed by atoms with Crippen LogP contribution in [-0.2, 0) is 0 Å². The van der Waals surface area contributed by atoms with Crippen LogP contribution in [0.15, 0.2) is 0 Å². The van der Waals surface area contributed by atoms with Gasteiger partial charge >= 0.3 is 0 Å². The minimum Gasteiger partial charge on any atom is -0.393 e. The lowest BCUT2D eigenvalue weighted by molar-refractivity contribution is 0.0817. The molecule has 1 heterocycles. The standard InChI is InChI=1S/C14H29NO/c1-2-3-4-5-6-7-8-11-15-12-9-14(16)10-13-15/h14,16H,2-13H2,1H3. The normalized spacial score (nSPS) is 19.1. The smallest absolute Gasteiger partial charge is 0.0564 e. The molecule has 0 aliphatic carbocycles. The van der Waals surface area contributed by atoms with Crippen LogP contribution in [0.5, 0.6) is 0 Å². The van der Waals surface area contributed by atoms with Crippen molar-refractivity contribution in [2.45, 2.75) is 70.8 Å². The van der Waals surface area contributed by atoms with Crippen molar-refractivity contribution in [2.75, 3.05) is 19.6 Å². The van der Waals surface area contributed by atoms with E-state index in [9.17, 15) is 5.11 Å². The van der Waals surface area contributed by atoms with Crippen molar-refractivity contribution in [1.29, 1.82) is 0 Å². The molecular formula is C14H29NO. The molecule has 1 N–H and O–H groups in total. The van der Waals surface area contributed by atoms with Crippen molar-refractivity contribution in [2.24, 2.45) is 0 Å². The lowest BCUT2D eigenvalue weighted by Crippen LogP contribution is -2.36. The summed E-state index contributed by atoms with van der Waals surface area (Å²) in [7, 11) is 0. The van der Waals surface area contributed by atoms with E-state index in [1.54, 1.807) is 0 Å². The summed E-state index contributed by atoms with van der Waals surface area (Å²) in [5.74, 6) is 0. The first-order valence-corrected chi connectivity index (χ1v) is 7.23. The van der Waals surface area contributed by atoms with Gasteiger partial charge in [0.25, 0.3) is 0 Å². The summed E-state index contributed by atoms with van der Waals surface area (Å²) in [6.07, 6.45) is 11.7. The zero-order valence-electron chi connectivity index (χ0n) is 11.0. The predicted molar refractivity (Wildman–Crippen MR) is 69.7 cm³/mol. The monoisotopic (exact) mass is 227 g/mol. The van der Waals surface area contributed by atoms with Gasteiger partial charge in [0.2, 0.25) is 0 Å². The molecule has 0 bridgehead atoms. The minimum atomic E-state index is -0.0229. The molecule has 1 saturated heterocycles. The first-order valence-electron chi connectivity index (χ1n) is 7.23. The third-order valence-electron chi connectivity index (χ3n) is 3.63. The SMILES string of the molecule is CCCCCCCCCN1CCC(O)CC1. The fraction of sp³-hybridized carbons (Fsp3) is 1.00. The largest absolute Gasteiger partial charge is 0.393 e.